The van der Waals surface area contributed by atoms with Crippen molar-refractivity contribution in [1.29, 1.82) is 0 Å². The number of anilines is 1. The average molecular weight is 272 g/mol. The Morgan fingerprint density at radius 1 is 1.10 bits per heavy atom. The third kappa shape index (κ3) is 6.78. The van der Waals surface area contributed by atoms with Gasteiger partial charge in [-0.15, -0.1) is 6.58 Å². The van der Waals surface area contributed by atoms with Crippen LogP contribution in [0.3, 0.4) is 0 Å². The number of carbonyl (C=O) groups excluding carboxylic acids is 1. The fraction of sp³-hybridized carbons (Fsp3) is 0.353. The summed E-state index contributed by atoms with van der Waals surface area (Å²) >= 11 is 0. The van der Waals surface area contributed by atoms with Gasteiger partial charge in [-0.25, -0.2) is 0 Å². The van der Waals surface area contributed by atoms with Gasteiger partial charge in [-0.1, -0.05) is 24.3 Å². The molecule has 0 saturated carbocycles. The Kier molecular flexibility index (Phi) is 6.57. The highest BCUT2D eigenvalue weighted by molar-refractivity contribution is 5.76. The van der Waals surface area contributed by atoms with Gasteiger partial charge in [0.15, 0.2) is 0 Å². The molecule has 1 amide bonds. The summed E-state index contributed by atoms with van der Waals surface area (Å²) in [6, 6.07) is 8.07. The number of amides is 1. The summed E-state index contributed by atoms with van der Waals surface area (Å²) in [7, 11) is 0. The molecule has 3 heteroatoms. The van der Waals surface area contributed by atoms with E-state index in [1.807, 2.05) is 38.1 Å². The number of nitrogens with one attached hydrogen (secondary N) is 2. The van der Waals surface area contributed by atoms with Crippen molar-refractivity contribution >= 4 is 11.6 Å². The lowest BCUT2D eigenvalue weighted by Gasteiger charge is -2.07. The third-order valence-electron chi connectivity index (χ3n) is 2.83. The predicted octanol–water partition coefficient (Wildman–Crippen LogP) is 3.65. The molecule has 0 aliphatic heterocycles. The van der Waals surface area contributed by atoms with E-state index in [0.717, 1.165) is 35.4 Å². The van der Waals surface area contributed by atoms with Crippen LogP contribution in [-0.2, 0) is 11.2 Å². The second-order valence-electron chi connectivity index (χ2n) is 5.16. The molecule has 2 N–H and O–H groups in total. The summed E-state index contributed by atoms with van der Waals surface area (Å²) in [5.74, 6) is 0.0930. The molecule has 0 radical (unpaired) electrons. The highest BCUT2D eigenvalue weighted by Gasteiger charge is 2.02. The van der Waals surface area contributed by atoms with E-state index in [-0.39, 0.29) is 5.91 Å². The van der Waals surface area contributed by atoms with Crippen LogP contribution in [0, 0.1) is 0 Å². The van der Waals surface area contributed by atoms with E-state index >= 15 is 0 Å². The van der Waals surface area contributed by atoms with Crippen LogP contribution in [0.25, 0.3) is 0 Å². The highest BCUT2D eigenvalue weighted by atomic mass is 16.1. The molecule has 0 aromatic heterocycles. The lowest BCUT2D eigenvalue weighted by Crippen LogP contribution is -2.24. The molecule has 1 aromatic carbocycles. The molecule has 0 atom stereocenters. The van der Waals surface area contributed by atoms with Crippen LogP contribution in [0.4, 0.5) is 5.69 Å². The number of rotatable bonds is 8. The second-order valence-corrected chi connectivity index (χ2v) is 5.16. The van der Waals surface area contributed by atoms with Gasteiger partial charge in [-0.2, -0.15) is 0 Å². The average Bonchev–Trinajstić information content (AvgIpc) is 2.37. The maximum absolute atomic E-state index is 11.6. The minimum absolute atomic E-state index is 0.0930. The smallest absolute Gasteiger partial charge is 0.220 e. The zero-order chi connectivity index (χ0) is 15.0. The van der Waals surface area contributed by atoms with Crippen LogP contribution in [0.5, 0.6) is 0 Å². The highest BCUT2D eigenvalue weighted by Crippen LogP contribution is 2.12. The molecule has 0 saturated heterocycles. The maximum Gasteiger partial charge on any atom is 0.220 e. The molecule has 1 rings (SSSR count). The van der Waals surface area contributed by atoms with Gasteiger partial charge in [0, 0.05) is 24.4 Å². The normalized spacial score (nSPS) is 9.90. The third-order valence-corrected chi connectivity index (χ3v) is 2.83. The molecular weight excluding hydrogens is 248 g/mol. The van der Waals surface area contributed by atoms with E-state index in [1.165, 1.54) is 0 Å². The van der Waals surface area contributed by atoms with Crippen molar-refractivity contribution in [2.24, 2.45) is 0 Å². The van der Waals surface area contributed by atoms with Crippen molar-refractivity contribution in [3.05, 3.63) is 54.3 Å². The zero-order valence-electron chi connectivity index (χ0n) is 12.5. The second kappa shape index (κ2) is 8.20. The Labute approximate surface area is 121 Å². The number of hydrogen-bond donors (Lipinski definition) is 2. The first-order valence-corrected chi connectivity index (χ1v) is 6.90. The summed E-state index contributed by atoms with van der Waals surface area (Å²) < 4.78 is 0. The fourth-order valence-corrected chi connectivity index (χ4v) is 1.76. The summed E-state index contributed by atoms with van der Waals surface area (Å²) in [6.45, 7) is 12.2. The fourth-order valence-electron chi connectivity index (χ4n) is 1.76. The van der Waals surface area contributed by atoms with Crippen LogP contribution in [0.2, 0.25) is 0 Å². The molecule has 0 aliphatic carbocycles. The van der Waals surface area contributed by atoms with Gasteiger partial charge in [0.05, 0.1) is 0 Å². The Bertz CT molecular complexity index is 474. The number of carbonyl (C=O) groups is 1. The van der Waals surface area contributed by atoms with Gasteiger partial charge < -0.3 is 10.6 Å². The Hall–Kier alpha value is -2.03. The zero-order valence-corrected chi connectivity index (χ0v) is 12.5. The van der Waals surface area contributed by atoms with Crippen molar-refractivity contribution in [1.82, 2.24) is 5.32 Å². The minimum Gasteiger partial charge on any atom is -0.360 e. The molecule has 0 fully saturated rings. The van der Waals surface area contributed by atoms with Crippen molar-refractivity contribution in [3.63, 3.8) is 0 Å². The quantitative estimate of drug-likeness (QED) is 0.709. The molecular formula is C17H24N2O. The standard InChI is InChI=1S/C17H24N2O/c1-13(2)11-12-18-17(20)10-7-15-5-8-16(9-6-15)19-14(3)4/h5-6,8-9,19H,1,3,7,10-12H2,2,4H3,(H,18,20). The van der Waals surface area contributed by atoms with Crippen molar-refractivity contribution in [3.8, 4) is 0 Å². The number of hydrogen-bond acceptors (Lipinski definition) is 2. The van der Waals surface area contributed by atoms with Crippen molar-refractivity contribution in [2.45, 2.75) is 33.1 Å². The van der Waals surface area contributed by atoms with Gasteiger partial charge in [0.2, 0.25) is 5.91 Å². The maximum atomic E-state index is 11.6. The molecule has 0 spiro atoms. The first kappa shape index (κ1) is 16.0. The van der Waals surface area contributed by atoms with Gasteiger partial charge in [0.1, 0.15) is 0 Å². The van der Waals surface area contributed by atoms with E-state index in [2.05, 4.69) is 23.8 Å². The number of allylic oxidation sites excluding steroid dienone is 1. The van der Waals surface area contributed by atoms with Crippen molar-refractivity contribution < 1.29 is 4.79 Å². The number of aryl methyl sites for hydroxylation is 1. The van der Waals surface area contributed by atoms with E-state index in [4.69, 9.17) is 0 Å². The molecule has 0 bridgehead atoms. The Morgan fingerprint density at radius 3 is 2.30 bits per heavy atom. The van der Waals surface area contributed by atoms with Gasteiger partial charge in [0.25, 0.3) is 0 Å². The number of benzene rings is 1. The summed E-state index contributed by atoms with van der Waals surface area (Å²) in [5.41, 5.74) is 4.18. The van der Waals surface area contributed by atoms with E-state index in [9.17, 15) is 4.79 Å². The van der Waals surface area contributed by atoms with Gasteiger partial charge in [-0.05, 0) is 44.4 Å². The van der Waals surface area contributed by atoms with E-state index < -0.39 is 0 Å². The molecule has 0 unspecified atom stereocenters. The van der Waals surface area contributed by atoms with E-state index in [1.54, 1.807) is 0 Å². The Balaban J connectivity index is 2.32. The molecule has 0 heterocycles. The van der Waals surface area contributed by atoms with Crippen molar-refractivity contribution in [2.75, 3.05) is 11.9 Å². The van der Waals surface area contributed by atoms with Crippen LogP contribution < -0.4 is 10.6 Å². The van der Waals surface area contributed by atoms with Crippen LogP contribution in [-0.4, -0.2) is 12.5 Å². The first-order chi connectivity index (χ1) is 9.47. The van der Waals surface area contributed by atoms with Gasteiger partial charge in [-0.3, -0.25) is 4.79 Å². The van der Waals surface area contributed by atoms with Crippen LogP contribution >= 0.6 is 0 Å². The summed E-state index contributed by atoms with van der Waals surface area (Å²) in [4.78, 5) is 11.6. The van der Waals surface area contributed by atoms with Crippen LogP contribution in [0.1, 0.15) is 32.3 Å². The molecule has 0 aliphatic rings. The first-order valence-electron chi connectivity index (χ1n) is 6.90. The van der Waals surface area contributed by atoms with Gasteiger partial charge >= 0.3 is 0 Å². The summed E-state index contributed by atoms with van der Waals surface area (Å²) in [5, 5.41) is 6.05. The minimum atomic E-state index is 0.0930. The molecule has 108 valence electrons. The van der Waals surface area contributed by atoms with E-state index in [0.29, 0.717) is 13.0 Å². The topological polar surface area (TPSA) is 41.1 Å². The monoisotopic (exact) mass is 272 g/mol. The predicted molar refractivity (Wildman–Crippen MR) is 85.6 cm³/mol. The summed E-state index contributed by atoms with van der Waals surface area (Å²) in [6.07, 6.45) is 2.11. The molecule has 1 aromatic rings. The SMILES string of the molecule is C=C(C)CCNC(=O)CCc1ccc(NC(=C)C)cc1. The molecule has 20 heavy (non-hydrogen) atoms. The lowest BCUT2D eigenvalue weighted by molar-refractivity contribution is -0.121. The molecule has 3 nitrogen and oxygen atoms in total. The Morgan fingerprint density at radius 2 is 1.75 bits per heavy atom. The lowest BCUT2D eigenvalue weighted by atomic mass is 10.1. The largest absolute Gasteiger partial charge is 0.360 e. The van der Waals surface area contributed by atoms with Crippen LogP contribution in [0.15, 0.2) is 48.7 Å².